The van der Waals surface area contributed by atoms with E-state index in [9.17, 15) is 4.79 Å². The molecule has 4 heteroatoms. The standard InChI is InChI=1S/C21H30N2O2/c1-25-18-10-11-20-17(14-18)8-5-13-23(20)21(24)15-22-12-4-7-16-6-2-3-9-19(16)22/h10-11,14,16,19H,2-9,12-13,15H2,1H3/t16-,19+/m0/s1. The van der Waals surface area contributed by atoms with Crippen molar-refractivity contribution in [2.75, 3.05) is 31.6 Å². The zero-order valence-electron chi connectivity index (χ0n) is 15.4. The SMILES string of the molecule is COc1ccc2c(c1)CCCN2C(=O)CN1CCC[C@@H]2CCCC[C@H]21. The maximum atomic E-state index is 13.1. The Morgan fingerprint density at radius 1 is 1.12 bits per heavy atom. The number of hydrogen-bond acceptors (Lipinski definition) is 3. The number of hydrogen-bond donors (Lipinski definition) is 0. The first-order valence-corrected chi connectivity index (χ1v) is 9.97. The van der Waals surface area contributed by atoms with Gasteiger partial charge in [0.1, 0.15) is 5.75 Å². The van der Waals surface area contributed by atoms with Crippen LogP contribution in [0.3, 0.4) is 0 Å². The van der Waals surface area contributed by atoms with Crippen LogP contribution in [0.1, 0.15) is 50.5 Å². The average molecular weight is 342 g/mol. The molecule has 0 aromatic heterocycles. The van der Waals surface area contributed by atoms with Crippen molar-refractivity contribution >= 4 is 11.6 Å². The number of methoxy groups -OCH3 is 1. The van der Waals surface area contributed by atoms with Crippen LogP contribution in [-0.4, -0.2) is 43.6 Å². The molecule has 136 valence electrons. The largest absolute Gasteiger partial charge is 0.497 e. The van der Waals surface area contributed by atoms with E-state index in [-0.39, 0.29) is 5.91 Å². The Hall–Kier alpha value is -1.55. The van der Waals surface area contributed by atoms with Gasteiger partial charge in [-0.15, -0.1) is 0 Å². The zero-order chi connectivity index (χ0) is 17.2. The monoisotopic (exact) mass is 342 g/mol. The molecule has 1 amide bonds. The van der Waals surface area contributed by atoms with Crippen LogP contribution in [0.5, 0.6) is 5.75 Å². The summed E-state index contributed by atoms with van der Waals surface area (Å²) >= 11 is 0. The third kappa shape index (κ3) is 3.41. The molecule has 2 aliphatic heterocycles. The summed E-state index contributed by atoms with van der Waals surface area (Å²) in [6.07, 6.45) is 10.0. The van der Waals surface area contributed by atoms with Gasteiger partial charge in [0.05, 0.1) is 13.7 Å². The molecular formula is C21H30N2O2. The van der Waals surface area contributed by atoms with Gasteiger partial charge in [0.2, 0.25) is 5.91 Å². The molecule has 0 bridgehead atoms. The predicted octanol–water partition coefficient (Wildman–Crippen LogP) is 3.63. The number of anilines is 1. The fourth-order valence-corrected chi connectivity index (χ4v) is 5.14. The summed E-state index contributed by atoms with van der Waals surface area (Å²) in [6.45, 7) is 2.53. The molecule has 25 heavy (non-hydrogen) atoms. The molecule has 0 radical (unpaired) electrons. The number of nitrogens with zero attached hydrogens (tertiary/aromatic N) is 2. The molecule has 3 aliphatic rings. The second-order valence-corrected chi connectivity index (χ2v) is 7.87. The molecular weight excluding hydrogens is 312 g/mol. The smallest absolute Gasteiger partial charge is 0.241 e. The molecule has 0 N–H and O–H groups in total. The van der Waals surface area contributed by atoms with Gasteiger partial charge in [0.25, 0.3) is 0 Å². The van der Waals surface area contributed by atoms with Crippen molar-refractivity contribution < 1.29 is 9.53 Å². The molecule has 2 heterocycles. The maximum Gasteiger partial charge on any atom is 0.241 e. The van der Waals surface area contributed by atoms with E-state index in [1.807, 2.05) is 11.0 Å². The second-order valence-electron chi connectivity index (χ2n) is 7.87. The number of aryl methyl sites for hydroxylation is 1. The highest BCUT2D eigenvalue weighted by molar-refractivity contribution is 5.96. The number of amides is 1. The fraction of sp³-hybridized carbons (Fsp3) is 0.667. The number of likely N-dealkylation sites (tertiary alicyclic amines) is 1. The number of fused-ring (bicyclic) bond motifs is 2. The summed E-state index contributed by atoms with van der Waals surface area (Å²) in [6, 6.07) is 6.77. The molecule has 1 saturated heterocycles. The van der Waals surface area contributed by atoms with E-state index >= 15 is 0 Å². The van der Waals surface area contributed by atoms with Crippen LogP contribution in [-0.2, 0) is 11.2 Å². The summed E-state index contributed by atoms with van der Waals surface area (Å²) in [7, 11) is 1.70. The van der Waals surface area contributed by atoms with Gasteiger partial charge in [-0.25, -0.2) is 0 Å². The minimum Gasteiger partial charge on any atom is -0.497 e. The number of ether oxygens (including phenoxy) is 1. The van der Waals surface area contributed by atoms with Gasteiger partial charge in [0.15, 0.2) is 0 Å². The minimum absolute atomic E-state index is 0.275. The van der Waals surface area contributed by atoms with Gasteiger partial charge in [-0.1, -0.05) is 12.8 Å². The lowest BCUT2D eigenvalue weighted by Crippen LogP contribution is -2.51. The highest BCUT2D eigenvalue weighted by Gasteiger charge is 2.35. The van der Waals surface area contributed by atoms with Crippen molar-refractivity contribution in [1.82, 2.24) is 4.90 Å². The summed E-state index contributed by atoms with van der Waals surface area (Å²) in [5.74, 6) is 1.99. The van der Waals surface area contributed by atoms with Crippen molar-refractivity contribution in [3.05, 3.63) is 23.8 Å². The predicted molar refractivity (Wildman–Crippen MR) is 100 cm³/mol. The molecule has 0 spiro atoms. The van der Waals surface area contributed by atoms with E-state index < -0.39 is 0 Å². The van der Waals surface area contributed by atoms with Crippen LogP contribution < -0.4 is 9.64 Å². The molecule has 0 unspecified atom stereocenters. The summed E-state index contributed by atoms with van der Waals surface area (Å²) in [5.41, 5.74) is 2.34. The van der Waals surface area contributed by atoms with Gasteiger partial charge >= 0.3 is 0 Å². The lowest BCUT2D eigenvalue weighted by atomic mass is 9.78. The van der Waals surface area contributed by atoms with Crippen molar-refractivity contribution in [1.29, 1.82) is 0 Å². The Balaban J connectivity index is 1.48. The third-order valence-electron chi connectivity index (χ3n) is 6.40. The highest BCUT2D eigenvalue weighted by atomic mass is 16.5. The van der Waals surface area contributed by atoms with Gasteiger partial charge in [-0.2, -0.15) is 0 Å². The van der Waals surface area contributed by atoms with Crippen LogP contribution in [0.25, 0.3) is 0 Å². The first-order valence-electron chi connectivity index (χ1n) is 9.97. The molecule has 2 fully saturated rings. The topological polar surface area (TPSA) is 32.8 Å². The van der Waals surface area contributed by atoms with Gasteiger partial charge in [0, 0.05) is 18.3 Å². The second kappa shape index (κ2) is 7.36. The summed E-state index contributed by atoms with van der Waals surface area (Å²) in [4.78, 5) is 17.6. The molecule has 4 rings (SSSR count). The third-order valence-corrected chi connectivity index (χ3v) is 6.40. The fourth-order valence-electron chi connectivity index (χ4n) is 5.14. The lowest BCUT2D eigenvalue weighted by molar-refractivity contribution is -0.121. The van der Waals surface area contributed by atoms with Crippen LogP contribution in [0.4, 0.5) is 5.69 Å². The highest BCUT2D eigenvalue weighted by Crippen LogP contribution is 2.36. The van der Waals surface area contributed by atoms with Gasteiger partial charge in [-0.3, -0.25) is 9.69 Å². The Kier molecular flexibility index (Phi) is 4.98. The van der Waals surface area contributed by atoms with Crippen molar-refractivity contribution in [3.63, 3.8) is 0 Å². The first-order chi connectivity index (χ1) is 12.3. The van der Waals surface area contributed by atoms with E-state index in [2.05, 4.69) is 17.0 Å². The first kappa shape index (κ1) is 16.9. The number of rotatable bonds is 3. The molecule has 1 aromatic rings. The molecule has 2 atom stereocenters. The van der Waals surface area contributed by atoms with E-state index in [0.29, 0.717) is 12.6 Å². The van der Waals surface area contributed by atoms with E-state index in [4.69, 9.17) is 4.74 Å². The van der Waals surface area contributed by atoms with Crippen molar-refractivity contribution in [2.24, 2.45) is 5.92 Å². The van der Waals surface area contributed by atoms with E-state index in [0.717, 1.165) is 43.3 Å². The van der Waals surface area contributed by atoms with Crippen LogP contribution in [0.2, 0.25) is 0 Å². The summed E-state index contributed by atoms with van der Waals surface area (Å²) in [5, 5.41) is 0. The van der Waals surface area contributed by atoms with Crippen molar-refractivity contribution in [3.8, 4) is 5.75 Å². The number of carbonyl (C=O) groups is 1. The van der Waals surface area contributed by atoms with Gasteiger partial charge < -0.3 is 9.64 Å². The Morgan fingerprint density at radius 2 is 1.96 bits per heavy atom. The van der Waals surface area contributed by atoms with Gasteiger partial charge in [-0.05, 0) is 74.8 Å². The molecule has 1 aromatic carbocycles. The minimum atomic E-state index is 0.275. The molecule has 1 saturated carbocycles. The quantitative estimate of drug-likeness (QED) is 0.841. The Morgan fingerprint density at radius 3 is 2.84 bits per heavy atom. The molecule has 1 aliphatic carbocycles. The number of carbonyl (C=O) groups excluding carboxylic acids is 1. The summed E-state index contributed by atoms with van der Waals surface area (Å²) < 4.78 is 5.34. The van der Waals surface area contributed by atoms with E-state index in [1.165, 1.54) is 44.1 Å². The zero-order valence-corrected chi connectivity index (χ0v) is 15.4. The van der Waals surface area contributed by atoms with Crippen LogP contribution in [0, 0.1) is 5.92 Å². The normalized spacial score (nSPS) is 26.7. The van der Waals surface area contributed by atoms with Crippen LogP contribution in [0.15, 0.2) is 18.2 Å². The Labute approximate surface area is 151 Å². The number of benzene rings is 1. The number of piperidine rings is 1. The molecule has 4 nitrogen and oxygen atoms in total. The maximum absolute atomic E-state index is 13.1. The lowest BCUT2D eigenvalue weighted by Gasteiger charge is -2.44. The van der Waals surface area contributed by atoms with E-state index in [1.54, 1.807) is 7.11 Å². The van der Waals surface area contributed by atoms with Crippen LogP contribution >= 0.6 is 0 Å². The average Bonchev–Trinajstić information content (AvgIpc) is 2.67. The Bertz CT molecular complexity index is 628. The van der Waals surface area contributed by atoms with Crippen molar-refractivity contribution in [2.45, 2.75) is 57.4 Å².